The summed E-state index contributed by atoms with van der Waals surface area (Å²) >= 11 is 0. The Morgan fingerprint density at radius 2 is 0.581 bits per heavy atom. The highest BCUT2D eigenvalue weighted by atomic mass is 16.6. The van der Waals surface area contributed by atoms with E-state index in [2.05, 4.69) is 111 Å². The van der Waals surface area contributed by atoms with Crippen LogP contribution in [0.2, 0.25) is 0 Å². The van der Waals surface area contributed by atoms with Gasteiger partial charge in [-0.1, -0.05) is 317 Å². The third kappa shape index (κ3) is 61.4. The summed E-state index contributed by atoms with van der Waals surface area (Å²) in [6, 6.07) is 0. The van der Waals surface area contributed by atoms with Gasteiger partial charge in [0, 0.05) is 12.8 Å². The maximum atomic E-state index is 12.3. The molecule has 0 aromatic rings. The molecule has 74 heavy (non-hydrogen) atoms. The van der Waals surface area contributed by atoms with Crippen LogP contribution in [0.3, 0.4) is 0 Å². The molecule has 5 nitrogen and oxygen atoms in total. The molecule has 0 aromatic carbocycles. The molecule has 426 valence electrons. The number of esters is 2. The maximum Gasteiger partial charge on any atom is 0.306 e. The Hall–Kier alpha value is -3.18. The maximum absolute atomic E-state index is 12.3. The zero-order valence-electron chi connectivity index (χ0n) is 48.8. The highest BCUT2D eigenvalue weighted by molar-refractivity contribution is 5.70. The van der Waals surface area contributed by atoms with E-state index in [-0.39, 0.29) is 25.2 Å². The molecule has 0 amide bonds. The lowest BCUT2D eigenvalue weighted by Gasteiger charge is -2.15. The molecule has 5 heteroatoms. The van der Waals surface area contributed by atoms with Gasteiger partial charge in [-0.25, -0.2) is 0 Å². The third-order valence-corrected chi connectivity index (χ3v) is 13.9. The van der Waals surface area contributed by atoms with E-state index in [0.717, 1.165) is 103 Å². The van der Waals surface area contributed by atoms with Crippen LogP contribution in [-0.4, -0.2) is 36.4 Å². The van der Waals surface area contributed by atoms with E-state index in [4.69, 9.17) is 9.47 Å². The fourth-order valence-corrected chi connectivity index (χ4v) is 9.16. The Balaban J connectivity index is 3.52. The van der Waals surface area contributed by atoms with Crippen molar-refractivity contribution in [3.8, 4) is 0 Å². The lowest BCUT2D eigenvalue weighted by Crippen LogP contribution is -2.28. The SMILES string of the molecule is CC/C=C\C/C=C\C/C=C\C/C=C\C/C=C\C/C=C\C/C=C\C/C=C\CCCCCCC(=O)OC(CO)COC(=O)CCCCCCCCCCCCCCCCCCCCCCCCCCCCCCCCC. The van der Waals surface area contributed by atoms with Crippen molar-refractivity contribution in [2.45, 2.75) is 315 Å². The second kappa shape index (κ2) is 64.1. The molecule has 0 aliphatic heterocycles. The second-order valence-electron chi connectivity index (χ2n) is 21.1. The van der Waals surface area contributed by atoms with Gasteiger partial charge in [0.25, 0.3) is 0 Å². The molecule has 0 rings (SSSR count). The summed E-state index contributed by atoms with van der Waals surface area (Å²) in [4.78, 5) is 24.6. The summed E-state index contributed by atoms with van der Waals surface area (Å²) in [6.07, 6.45) is 91.3. The Bertz CT molecular complexity index is 1400. The fourth-order valence-electron chi connectivity index (χ4n) is 9.16. The molecule has 1 N–H and O–H groups in total. The molecule has 1 unspecified atom stereocenters. The number of aliphatic hydroxyl groups is 1. The largest absolute Gasteiger partial charge is 0.462 e. The molecule has 0 aliphatic rings. The van der Waals surface area contributed by atoms with E-state index in [1.807, 2.05) is 0 Å². The summed E-state index contributed by atoms with van der Waals surface area (Å²) < 4.78 is 10.7. The highest BCUT2D eigenvalue weighted by Gasteiger charge is 2.16. The highest BCUT2D eigenvalue weighted by Crippen LogP contribution is 2.17. The minimum absolute atomic E-state index is 0.0787. The zero-order valence-corrected chi connectivity index (χ0v) is 48.8. The van der Waals surface area contributed by atoms with Crippen molar-refractivity contribution in [1.29, 1.82) is 0 Å². The van der Waals surface area contributed by atoms with E-state index in [9.17, 15) is 14.7 Å². The van der Waals surface area contributed by atoms with Crippen molar-refractivity contribution in [1.82, 2.24) is 0 Å². The number of carbonyl (C=O) groups is 2. The Labute approximate surface area is 459 Å². The van der Waals surface area contributed by atoms with Gasteiger partial charge in [-0.2, -0.15) is 0 Å². The summed E-state index contributed by atoms with van der Waals surface area (Å²) in [5.74, 6) is -0.613. The number of carbonyl (C=O) groups excluding carboxylic acids is 2. The van der Waals surface area contributed by atoms with Crippen LogP contribution in [-0.2, 0) is 19.1 Å². The lowest BCUT2D eigenvalue weighted by atomic mass is 10.0. The molecule has 0 aliphatic carbocycles. The van der Waals surface area contributed by atoms with E-state index in [0.29, 0.717) is 12.8 Å². The molecule has 0 saturated carbocycles. The minimum Gasteiger partial charge on any atom is -0.462 e. The normalized spacial score (nSPS) is 12.9. The van der Waals surface area contributed by atoms with Crippen LogP contribution in [0.1, 0.15) is 309 Å². The predicted molar refractivity (Wildman–Crippen MR) is 325 cm³/mol. The first kappa shape index (κ1) is 70.8. The molecule has 0 radical (unpaired) electrons. The molecule has 0 bridgehead atoms. The Morgan fingerprint density at radius 1 is 0.324 bits per heavy atom. The molecular formula is C69H120O5. The molecule has 0 saturated heterocycles. The number of rotatable bonds is 58. The first-order chi connectivity index (χ1) is 36.6. The van der Waals surface area contributed by atoms with Gasteiger partial charge >= 0.3 is 11.9 Å². The van der Waals surface area contributed by atoms with Crippen LogP contribution in [0.25, 0.3) is 0 Å². The van der Waals surface area contributed by atoms with Gasteiger partial charge in [0.05, 0.1) is 6.61 Å². The number of allylic oxidation sites excluding steroid dienone is 16. The molecule has 1 atom stereocenters. The number of hydrogen-bond donors (Lipinski definition) is 1. The van der Waals surface area contributed by atoms with Gasteiger partial charge in [0.15, 0.2) is 6.10 Å². The molecule has 0 spiro atoms. The van der Waals surface area contributed by atoms with Crippen molar-refractivity contribution in [3.63, 3.8) is 0 Å². The van der Waals surface area contributed by atoms with Crippen molar-refractivity contribution < 1.29 is 24.2 Å². The van der Waals surface area contributed by atoms with Crippen LogP contribution < -0.4 is 0 Å². The van der Waals surface area contributed by atoms with Crippen molar-refractivity contribution >= 4 is 11.9 Å². The van der Waals surface area contributed by atoms with Gasteiger partial charge in [0.2, 0.25) is 0 Å². The average Bonchev–Trinajstić information content (AvgIpc) is 3.40. The van der Waals surface area contributed by atoms with Crippen LogP contribution >= 0.6 is 0 Å². The number of hydrogen-bond acceptors (Lipinski definition) is 5. The van der Waals surface area contributed by atoms with Crippen LogP contribution in [0.4, 0.5) is 0 Å². The van der Waals surface area contributed by atoms with Gasteiger partial charge < -0.3 is 14.6 Å². The standard InChI is InChI=1S/C69H120O5/c1-3-5-7-9-11-13-15-17-19-21-23-25-27-29-31-33-34-36-37-39-41-43-45-47-49-51-53-55-57-59-61-63-68(71)73-66-67(65-70)74-69(72)64-62-60-58-56-54-52-50-48-46-44-42-40-38-35-32-30-28-26-24-22-20-18-16-14-12-10-8-6-4-2/h6,8,12,14,18,20,24,26,30,32,38,40,44,46,50,52,67,70H,3-5,7,9-11,13,15-17,19,21-23,25,27-29,31,33-37,39,41-43,45,47-49,51,53-66H2,1-2H3/b8-6-,14-12-,20-18-,26-24-,32-30-,40-38-,46-44-,52-50-. The molecule has 0 heterocycles. The Morgan fingerprint density at radius 3 is 0.878 bits per heavy atom. The van der Waals surface area contributed by atoms with E-state index >= 15 is 0 Å². The van der Waals surface area contributed by atoms with Gasteiger partial charge in [0.1, 0.15) is 6.61 Å². The van der Waals surface area contributed by atoms with Crippen molar-refractivity contribution in [2.24, 2.45) is 0 Å². The van der Waals surface area contributed by atoms with E-state index in [1.165, 1.54) is 180 Å². The predicted octanol–water partition coefficient (Wildman–Crippen LogP) is 21.9. The van der Waals surface area contributed by atoms with Gasteiger partial charge in [-0.05, 0) is 77.0 Å². The fraction of sp³-hybridized carbons (Fsp3) is 0.739. The third-order valence-electron chi connectivity index (χ3n) is 13.9. The van der Waals surface area contributed by atoms with Crippen molar-refractivity contribution in [2.75, 3.05) is 13.2 Å². The Kier molecular flexibility index (Phi) is 61.4. The number of unbranched alkanes of at least 4 members (excludes halogenated alkanes) is 34. The quantitative estimate of drug-likeness (QED) is 0.0373. The van der Waals surface area contributed by atoms with E-state index < -0.39 is 6.10 Å². The molecule has 0 aromatic heterocycles. The zero-order chi connectivity index (χ0) is 53.4. The topological polar surface area (TPSA) is 72.8 Å². The molecular weight excluding hydrogens is 909 g/mol. The number of ether oxygens (including phenoxy) is 2. The van der Waals surface area contributed by atoms with Crippen LogP contribution in [0.15, 0.2) is 97.2 Å². The first-order valence-corrected chi connectivity index (χ1v) is 31.8. The van der Waals surface area contributed by atoms with Crippen molar-refractivity contribution in [3.05, 3.63) is 97.2 Å². The summed E-state index contributed by atoms with van der Waals surface area (Å²) in [5, 5.41) is 9.67. The average molecular weight is 1030 g/mol. The van der Waals surface area contributed by atoms with Crippen LogP contribution in [0.5, 0.6) is 0 Å². The second-order valence-corrected chi connectivity index (χ2v) is 21.1. The summed E-state index contributed by atoms with van der Waals surface area (Å²) in [5.41, 5.74) is 0. The first-order valence-electron chi connectivity index (χ1n) is 31.8. The van der Waals surface area contributed by atoms with Gasteiger partial charge in [-0.15, -0.1) is 0 Å². The monoisotopic (exact) mass is 1030 g/mol. The van der Waals surface area contributed by atoms with Gasteiger partial charge in [-0.3, -0.25) is 9.59 Å². The van der Waals surface area contributed by atoms with Crippen LogP contribution in [0, 0.1) is 0 Å². The smallest absolute Gasteiger partial charge is 0.306 e. The summed E-state index contributed by atoms with van der Waals surface area (Å²) in [7, 11) is 0. The molecule has 0 fully saturated rings. The van der Waals surface area contributed by atoms with E-state index in [1.54, 1.807) is 0 Å². The number of aliphatic hydroxyl groups excluding tert-OH is 1. The minimum atomic E-state index is -0.792. The lowest BCUT2D eigenvalue weighted by molar-refractivity contribution is -0.161. The summed E-state index contributed by atoms with van der Waals surface area (Å²) in [6.45, 7) is 4.04.